The van der Waals surface area contributed by atoms with Crippen molar-refractivity contribution in [3.63, 3.8) is 0 Å². The lowest BCUT2D eigenvalue weighted by Gasteiger charge is -2.30. The molecule has 100 valence electrons. The molecular weight excluding hydrogens is 236 g/mol. The minimum atomic E-state index is -0.881. The van der Waals surface area contributed by atoms with Crippen molar-refractivity contribution in [2.75, 3.05) is 0 Å². The molecule has 2 heteroatoms. The normalized spacial score (nSPS) is 20.2. The number of aromatic carboxylic acids is 1. The molecule has 0 saturated carbocycles. The first kappa shape index (κ1) is 13.6. The van der Waals surface area contributed by atoms with E-state index in [1.165, 1.54) is 11.1 Å². The summed E-state index contributed by atoms with van der Waals surface area (Å²) in [7, 11) is 0. The van der Waals surface area contributed by atoms with Gasteiger partial charge in [-0.15, -0.1) is 0 Å². The van der Waals surface area contributed by atoms with Crippen LogP contribution in [0.25, 0.3) is 6.08 Å². The fourth-order valence-electron chi connectivity index (χ4n) is 2.82. The number of hydrogen-bond acceptors (Lipinski definition) is 1. The summed E-state index contributed by atoms with van der Waals surface area (Å²) in [6, 6.07) is 7.03. The highest BCUT2D eigenvalue weighted by atomic mass is 16.4. The van der Waals surface area contributed by atoms with Gasteiger partial charge in [-0.05, 0) is 48.4 Å². The van der Waals surface area contributed by atoms with Crippen LogP contribution in [0, 0.1) is 5.41 Å². The first-order valence-corrected chi connectivity index (χ1v) is 6.57. The summed E-state index contributed by atoms with van der Waals surface area (Å²) in [5.41, 5.74) is 4.42. The number of carboxylic acid groups (broad SMARTS) is 1. The molecule has 0 spiro atoms. The predicted octanol–water partition coefficient (Wildman–Crippen LogP) is 4.53. The van der Waals surface area contributed by atoms with Crippen LogP contribution in [0.4, 0.5) is 0 Å². The van der Waals surface area contributed by atoms with Gasteiger partial charge in [-0.2, -0.15) is 0 Å². The Labute approximate surface area is 114 Å². The molecular formula is C17H20O2. The Morgan fingerprint density at radius 1 is 1.21 bits per heavy atom. The van der Waals surface area contributed by atoms with E-state index in [2.05, 4.69) is 32.9 Å². The van der Waals surface area contributed by atoms with Crippen LogP contribution in [-0.4, -0.2) is 11.1 Å². The molecule has 0 atom stereocenters. The van der Waals surface area contributed by atoms with Crippen LogP contribution in [-0.2, 0) is 0 Å². The van der Waals surface area contributed by atoms with E-state index >= 15 is 0 Å². The molecule has 1 aliphatic rings. The highest BCUT2D eigenvalue weighted by molar-refractivity contribution is 5.87. The second-order valence-electron chi connectivity index (χ2n) is 6.15. The summed E-state index contributed by atoms with van der Waals surface area (Å²) >= 11 is 0. The van der Waals surface area contributed by atoms with Crippen molar-refractivity contribution < 1.29 is 9.90 Å². The zero-order chi connectivity index (χ0) is 14.0. The van der Waals surface area contributed by atoms with Crippen molar-refractivity contribution >= 4 is 12.0 Å². The molecule has 19 heavy (non-hydrogen) atoms. The van der Waals surface area contributed by atoms with Crippen LogP contribution in [0.3, 0.4) is 0 Å². The molecule has 2 nitrogen and oxygen atoms in total. The minimum absolute atomic E-state index is 0.311. The van der Waals surface area contributed by atoms with Gasteiger partial charge in [0, 0.05) is 0 Å². The molecule has 0 aliphatic heterocycles. The number of hydrogen-bond donors (Lipinski definition) is 1. The fraction of sp³-hybridized carbons (Fsp3) is 0.353. The largest absolute Gasteiger partial charge is 0.478 e. The summed E-state index contributed by atoms with van der Waals surface area (Å²) in [5, 5.41) is 8.88. The third-order valence-corrected chi connectivity index (χ3v) is 3.38. The number of benzene rings is 1. The summed E-state index contributed by atoms with van der Waals surface area (Å²) in [6.45, 7) is 6.73. The Hall–Kier alpha value is -1.83. The average Bonchev–Trinajstić information content (AvgIpc) is 2.26. The first-order chi connectivity index (χ1) is 8.85. The molecule has 1 aromatic rings. The summed E-state index contributed by atoms with van der Waals surface area (Å²) in [5.74, 6) is -0.881. The van der Waals surface area contributed by atoms with Crippen molar-refractivity contribution in [3.8, 4) is 0 Å². The Kier molecular flexibility index (Phi) is 3.61. The first-order valence-electron chi connectivity index (χ1n) is 6.57. The van der Waals surface area contributed by atoms with Crippen molar-refractivity contribution in [3.05, 3.63) is 52.6 Å². The summed E-state index contributed by atoms with van der Waals surface area (Å²) < 4.78 is 0. The van der Waals surface area contributed by atoms with E-state index in [0.29, 0.717) is 11.0 Å². The van der Waals surface area contributed by atoms with Crippen molar-refractivity contribution in [1.29, 1.82) is 0 Å². The lowest BCUT2D eigenvalue weighted by atomic mass is 9.75. The predicted molar refractivity (Wildman–Crippen MR) is 78.2 cm³/mol. The Morgan fingerprint density at radius 3 is 2.37 bits per heavy atom. The lowest BCUT2D eigenvalue weighted by molar-refractivity contribution is 0.0697. The summed E-state index contributed by atoms with van der Waals surface area (Å²) in [6.07, 6.45) is 6.60. The molecule has 1 aromatic carbocycles. The van der Waals surface area contributed by atoms with Gasteiger partial charge in [-0.1, -0.05) is 43.7 Å². The molecule has 0 radical (unpaired) electrons. The van der Waals surface area contributed by atoms with Crippen molar-refractivity contribution in [2.45, 2.75) is 33.6 Å². The van der Waals surface area contributed by atoms with E-state index < -0.39 is 5.97 Å². The van der Waals surface area contributed by atoms with Crippen LogP contribution in [0.1, 0.15) is 49.5 Å². The summed E-state index contributed by atoms with van der Waals surface area (Å²) in [4.78, 5) is 10.8. The Bertz CT molecular complexity index is 545. The molecule has 0 bridgehead atoms. The van der Waals surface area contributed by atoms with Gasteiger partial charge in [0.05, 0.1) is 5.56 Å². The molecule has 0 saturated heterocycles. The van der Waals surface area contributed by atoms with Crippen LogP contribution in [0.2, 0.25) is 0 Å². The Morgan fingerprint density at radius 2 is 1.84 bits per heavy atom. The monoisotopic (exact) mass is 256 g/mol. The highest BCUT2D eigenvalue weighted by Crippen LogP contribution is 2.38. The molecule has 1 aliphatic carbocycles. The van der Waals surface area contributed by atoms with Gasteiger partial charge >= 0.3 is 5.97 Å². The minimum Gasteiger partial charge on any atom is -0.478 e. The lowest BCUT2D eigenvalue weighted by Crippen LogP contribution is -2.16. The maximum absolute atomic E-state index is 10.8. The van der Waals surface area contributed by atoms with E-state index in [1.54, 1.807) is 12.1 Å². The molecule has 2 rings (SSSR count). The van der Waals surface area contributed by atoms with E-state index in [4.69, 9.17) is 5.11 Å². The van der Waals surface area contributed by atoms with Gasteiger partial charge < -0.3 is 5.11 Å². The maximum Gasteiger partial charge on any atom is 0.335 e. The average molecular weight is 256 g/mol. The highest BCUT2D eigenvalue weighted by Gasteiger charge is 2.23. The second kappa shape index (κ2) is 5.04. The Balaban J connectivity index is 2.26. The van der Waals surface area contributed by atoms with Crippen LogP contribution < -0.4 is 0 Å². The molecule has 0 fully saturated rings. The van der Waals surface area contributed by atoms with Crippen LogP contribution in [0.15, 0.2) is 41.5 Å². The second-order valence-corrected chi connectivity index (χ2v) is 6.15. The van der Waals surface area contributed by atoms with Gasteiger partial charge in [-0.3, -0.25) is 0 Å². The third kappa shape index (κ3) is 3.57. The van der Waals surface area contributed by atoms with E-state index in [9.17, 15) is 4.79 Å². The third-order valence-electron chi connectivity index (χ3n) is 3.38. The molecule has 0 amide bonds. The standard InChI is InChI=1S/C17H20O2/c1-12-8-14(11-17(2,3)10-12)9-13-4-6-15(7-5-13)16(18)19/h4-9H,10-11H2,1-3H3,(H,18,19)/b14-9+. The van der Waals surface area contributed by atoms with E-state index in [0.717, 1.165) is 18.4 Å². The number of carboxylic acids is 1. The van der Waals surface area contributed by atoms with Gasteiger partial charge in [0.25, 0.3) is 0 Å². The molecule has 0 heterocycles. The van der Waals surface area contributed by atoms with E-state index in [1.807, 2.05) is 12.1 Å². The van der Waals surface area contributed by atoms with Crippen LogP contribution in [0.5, 0.6) is 0 Å². The number of carbonyl (C=O) groups is 1. The zero-order valence-corrected chi connectivity index (χ0v) is 11.7. The SMILES string of the molecule is CC1=C/C(=C\c2ccc(C(=O)O)cc2)CC(C)(C)C1. The molecule has 1 N–H and O–H groups in total. The van der Waals surface area contributed by atoms with Crippen molar-refractivity contribution in [2.24, 2.45) is 5.41 Å². The smallest absolute Gasteiger partial charge is 0.335 e. The van der Waals surface area contributed by atoms with Crippen LogP contribution >= 0.6 is 0 Å². The molecule has 0 unspecified atom stereocenters. The zero-order valence-electron chi connectivity index (χ0n) is 11.7. The fourth-order valence-corrected chi connectivity index (χ4v) is 2.82. The van der Waals surface area contributed by atoms with Gasteiger partial charge in [0.2, 0.25) is 0 Å². The van der Waals surface area contributed by atoms with E-state index in [-0.39, 0.29) is 0 Å². The number of allylic oxidation sites excluding steroid dienone is 3. The molecule has 0 aromatic heterocycles. The van der Waals surface area contributed by atoms with Gasteiger partial charge in [0.15, 0.2) is 0 Å². The quantitative estimate of drug-likeness (QED) is 0.843. The van der Waals surface area contributed by atoms with Crippen molar-refractivity contribution in [1.82, 2.24) is 0 Å². The number of rotatable bonds is 2. The topological polar surface area (TPSA) is 37.3 Å². The van der Waals surface area contributed by atoms with Gasteiger partial charge in [0.1, 0.15) is 0 Å². The maximum atomic E-state index is 10.8. The van der Waals surface area contributed by atoms with Gasteiger partial charge in [-0.25, -0.2) is 4.79 Å².